The Bertz CT molecular complexity index is 1720. The second-order valence-electron chi connectivity index (χ2n) is 9.84. The van der Waals surface area contributed by atoms with Crippen LogP contribution in [-0.4, -0.2) is 39.0 Å². The summed E-state index contributed by atoms with van der Waals surface area (Å²) in [4.78, 5) is 5.96. The zero-order valence-corrected chi connectivity index (χ0v) is 28.5. The van der Waals surface area contributed by atoms with Crippen molar-refractivity contribution in [2.45, 2.75) is 46.5 Å². The molecule has 43 heavy (non-hydrogen) atoms. The summed E-state index contributed by atoms with van der Waals surface area (Å²) in [7, 11) is -8.81. The van der Waals surface area contributed by atoms with Crippen molar-refractivity contribution >= 4 is 54.7 Å². The summed E-state index contributed by atoms with van der Waals surface area (Å²) in [5, 5.41) is 3.50. The average molecular weight is 648 g/mol. The van der Waals surface area contributed by atoms with E-state index in [2.05, 4.69) is 27.2 Å². The van der Waals surface area contributed by atoms with Gasteiger partial charge in [0.1, 0.15) is 10.1 Å². The van der Waals surface area contributed by atoms with E-state index in [-0.39, 0.29) is 39.3 Å². The molecule has 5 rings (SSSR count). The van der Waals surface area contributed by atoms with E-state index in [1.165, 1.54) is 24.3 Å². The van der Waals surface area contributed by atoms with Crippen LogP contribution in [0.2, 0.25) is 0 Å². The molecule has 0 saturated carbocycles. The van der Waals surface area contributed by atoms with E-state index >= 15 is 0 Å². The number of anilines is 4. The van der Waals surface area contributed by atoms with Gasteiger partial charge in [-0.1, -0.05) is 36.0 Å². The Labute approximate surface area is 279 Å². The van der Waals surface area contributed by atoms with Crippen LogP contribution in [0.1, 0.15) is 25.0 Å². The molecule has 13 heteroatoms. The van der Waals surface area contributed by atoms with Gasteiger partial charge < -0.3 is 19.7 Å². The Morgan fingerprint density at radius 2 is 1.19 bits per heavy atom. The van der Waals surface area contributed by atoms with E-state index in [4.69, 9.17) is 0 Å². The molecule has 0 spiro atoms. The second-order valence-corrected chi connectivity index (χ2v) is 13.7. The standard InChI is InChI=1S/C30H31N3O6S3.Na/c1-3-32(19-21-7-5-9-25(15-21)41(34,35)36)23-11-13-27-29(17-23)40-30-18-24(12-14-28(30)31-27)33(4-2)20-22-8-6-10-26(16-22)42(37,38)39;/h5-18,31H,3-4,19-20H2,1-2H3,(H,34,35,36)(H,37,38,39);/q;+1/p-1. The summed E-state index contributed by atoms with van der Waals surface area (Å²) in [5.74, 6) is 0. The number of hydrogen-bond acceptors (Lipinski definition) is 9. The van der Waals surface area contributed by atoms with E-state index in [0.29, 0.717) is 26.2 Å². The quantitative estimate of drug-likeness (QED) is 0.172. The van der Waals surface area contributed by atoms with Crippen LogP contribution in [0, 0.1) is 0 Å². The number of fused-ring (bicyclic) bond motifs is 2. The fourth-order valence-corrected chi connectivity index (χ4v) is 7.02. The fraction of sp³-hybridized carbons (Fsp3) is 0.200. The summed E-state index contributed by atoms with van der Waals surface area (Å²) in [6.45, 7) is 6.33. The van der Waals surface area contributed by atoms with Crippen molar-refractivity contribution in [2.75, 3.05) is 28.2 Å². The molecule has 1 heterocycles. The largest absolute Gasteiger partial charge is 1.00 e. The summed E-state index contributed by atoms with van der Waals surface area (Å²) in [6, 6.07) is 24.7. The topological polar surface area (TPSA) is 130 Å². The van der Waals surface area contributed by atoms with Gasteiger partial charge in [-0.2, -0.15) is 8.42 Å². The minimum atomic E-state index is -4.53. The smallest absolute Gasteiger partial charge is 0.744 e. The molecule has 0 aromatic heterocycles. The molecule has 0 amide bonds. The Morgan fingerprint density at radius 1 is 0.721 bits per heavy atom. The predicted octanol–water partition coefficient (Wildman–Crippen LogP) is 3.10. The minimum absolute atomic E-state index is 0. The molecular weight excluding hydrogens is 618 g/mol. The van der Waals surface area contributed by atoms with E-state index in [0.717, 1.165) is 43.7 Å². The molecular formula is C30H30N3NaO6S3. The molecule has 4 aromatic carbocycles. The summed E-state index contributed by atoms with van der Waals surface area (Å²) in [5.41, 5.74) is 5.41. The van der Waals surface area contributed by atoms with Gasteiger partial charge in [-0.05, 0) is 85.6 Å². The van der Waals surface area contributed by atoms with Crippen LogP contribution in [-0.2, 0) is 33.3 Å². The first kappa shape index (κ1) is 33.3. The van der Waals surface area contributed by atoms with Gasteiger partial charge in [0.2, 0.25) is 0 Å². The van der Waals surface area contributed by atoms with Crippen LogP contribution in [0.15, 0.2) is 105 Å². The number of nitrogens with zero attached hydrogens (tertiary/aromatic N) is 2. The molecule has 0 unspecified atom stereocenters. The summed E-state index contributed by atoms with van der Waals surface area (Å²) in [6.07, 6.45) is 0. The average Bonchev–Trinajstić information content (AvgIpc) is 2.96. The molecule has 220 valence electrons. The molecule has 1 aliphatic rings. The van der Waals surface area contributed by atoms with E-state index in [1.54, 1.807) is 23.9 Å². The third kappa shape index (κ3) is 7.95. The van der Waals surface area contributed by atoms with Crippen molar-refractivity contribution in [2.24, 2.45) is 0 Å². The molecule has 0 fully saturated rings. The van der Waals surface area contributed by atoms with Crippen molar-refractivity contribution in [3.8, 4) is 0 Å². The first-order valence-electron chi connectivity index (χ1n) is 13.3. The van der Waals surface area contributed by atoms with Gasteiger partial charge in [0.05, 0.1) is 21.2 Å². The molecule has 4 aromatic rings. The minimum Gasteiger partial charge on any atom is -0.744 e. The van der Waals surface area contributed by atoms with Gasteiger partial charge in [-0.15, -0.1) is 0 Å². The van der Waals surface area contributed by atoms with Gasteiger partial charge in [0.15, 0.2) is 0 Å². The Morgan fingerprint density at radius 3 is 1.63 bits per heavy atom. The molecule has 0 aliphatic carbocycles. The molecule has 9 nitrogen and oxygen atoms in total. The van der Waals surface area contributed by atoms with E-state index in [1.807, 2.05) is 50.2 Å². The van der Waals surface area contributed by atoms with E-state index < -0.39 is 20.2 Å². The zero-order chi connectivity index (χ0) is 30.1. The van der Waals surface area contributed by atoms with Gasteiger partial charge in [0, 0.05) is 47.3 Å². The number of nitrogens with one attached hydrogen (secondary N) is 1. The van der Waals surface area contributed by atoms with Gasteiger partial charge in [-0.25, -0.2) is 8.42 Å². The first-order valence-corrected chi connectivity index (χ1v) is 16.9. The SMILES string of the molecule is CCN(Cc1cccc(S(=O)(=O)[O-])c1)c1ccc2c(c1)Sc1cc(N(CC)Cc3cccc(S(=O)(=O)O)c3)ccc1N2.[Na+]. The van der Waals surface area contributed by atoms with Gasteiger partial charge >= 0.3 is 29.6 Å². The Hall–Kier alpha value is -2.55. The predicted molar refractivity (Wildman–Crippen MR) is 164 cm³/mol. The normalized spacial score (nSPS) is 12.4. The van der Waals surface area contributed by atoms with Crippen molar-refractivity contribution in [1.82, 2.24) is 0 Å². The van der Waals surface area contributed by atoms with Crippen LogP contribution in [0.5, 0.6) is 0 Å². The van der Waals surface area contributed by atoms with Crippen LogP contribution in [0.25, 0.3) is 0 Å². The molecule has 0 bridgehead atoms. The van der Waals surface area contributed by atoms with Crippen LogP contribution in [0.3, 0.4) is 0 Å². The molecule has 2 N–H and O–H groups in total. The molecule has 0 radical (unpaired) electrons. The third-order valence-corrected chi connectivity index (χ3v) is 9.84. The van der Waals surface area contributed by atoms with Crippen LogP contribution < -0.4 is 44.7 Å². The third-order valence-electron chi connectivity index (χ3n) is 7.04. The first-order chi connectivity index (χ1) is 19.9. The summed E-state index contributed by atoms with van der Waals surface area (Å²) < 4.78 is 67.1. The van der Waals surface area contributed by atoms with Crippen LogP contribution >= 0.6 is 11.8 Å². The summed E-state index contributed by atoms with van der Waals surface area (Å²) >= 11 is 1.64. The number of hydrogen-bond donors (Lipinski definition) is 2. The Kier molecular flexibility index (Phi) is 10.6. The number of benzene rings is 4. The second kappa shape index (κ2) is 13.6. The van der Waals surface area contributed by atoms with Crippen molar-refractivity contribution in [3.05, 3.63) is 96.1 Å². The van der Waals surface area contributed by atoms with Crippen molar-refractivity contribution in [1.29, 1.82) is 0 Å². The van der Waals surface area contributed by atoms with E-state index in [9.17, 15) is 25.9 Å². The zero-order valence-electron chi connectivity index (χ0n) is 24.0. The van der Waals surface area contributed by atoms with Crippen molar-refractivity contribution < 1.29 is 55.5 Å². The van der Waals surface area contributed by atoms with Crippen molar-refractivity contribution in [3.63, 3.8) is 0 Å². The monoisotopic (exact) mass is 647 g/mol. The molecule has 0 saturated heterocycles. The number of rotatable bonds is 10. The van der Waals surface area contributed by atoms with Gasteiger partial charge in [0.25, 0.3) is 10.1 Å². The molecule has 1 aliphatic heterocycles. The molecule has 0 atom stereocenters. The van der Waals surface area contributed by atoms with Gasteiger partial charge in [-0.3, -0.25) is 4.55 Å². The fourth-order valence-electron chi connectivity index (χ4n) is 4.87. The van der Waals surface area contributed by atoms with Crippen LogP contribution in [0.4, 0.5) is 22.7 Å². The maximum absolute atomic E-state index is 11.6. The maximum Gasteiger partial charge on any atom is 1.00 e. The maximum atomic E-state index is 11.6. The Balaban J connectivity index is 0.00000423.